The minimum atomic E-state index is -4.43. The van der Waals surface area contributed by atoms with Crippen LogP contribution in [0.2, 0.25) is 0 Å². The van der Waals surface area contributed by atoms with Crippen LogP contribution in [-0.4, -0.2) is 29.2 Å². The third kappa shape index (κ3) is 4.20. The van der Waals surface area contributed by atoms with Crippen molar-refractivity contribution in [1.29, 1.82) is 5.26 Å². The fraction of sp³-hybridized carbons (Fsp3) is 0.227. The number of anilines is 1. The van der Waals surface area contributed by atoms with E-state index >= 15 is 0 Å². The molecule has 0 bridgehead atoms. The maximum Gasteiger partial charge on any atom is 0.417 e. The van der Waals surface area contributed by atoms with Gasteiger partial charge in [-0.05, 0) is 12.1 Å². The Morgan fingerprint density at radius 1 is 1.07 bits per heavy atom. The second-order valence-corrected chi connectivity index (χ2v) is 6.92. The highest BCUT2D eigenvalue weighted by atomic mass is 19.4. The van der Waals surface area contributed by atoms with Crippen LogP contribution in [0.5, 0.6) is 5.88 Å². The van der Waals surface area contributed by atoms with Gasteiger partial charge in [-0.15, -0.1) is 0 Å². The van der Waals surface area contributed by atoms with Gasteiger partial charge in [-0.25, -0.2) is 4.98 Å². The zero-order valence-electron chi connectivity index (χ0n) is 15.8. The molecule has 0 saturated carbocycles. The van der Waals surface area contributed by atoms with Gasteiger partial charge in [0.1, 0.15) is 12.2 Å². The van der Waals surface area contributed by atoms with Crippen LogP contribution in [0.4, 0.5) is 18.9 Å². The molecular formula is C22H17F3N4O. The summed E-state index contributed by atoms with van der Waals surface area (Å²) in [6, 6.07) is 15.8. The van der Waals surface area contributed by atoms with Crippen molar-refractivity contribution in [3.05, 3.63) is 72.1 Å². The van der Waals surface area contributed by atoms with Crippen LogP contribution >= 0.6 is 0 Å². The summed E-state index contributed by atoms with van der Waals surface area (Å²) in [5.74, 6) is 0.146. The van der Waals surface area contributed by atoms with Gasteiger partial charge in [0.05, 0.1) is 35.2 Å². The molecule has 0 radical (unpaired) electrons. The van der Waals surface area contributed by atoms with E-state index in [4.69, 9.17) is 4.74 Å². The number of rotatable bonds is 4. The Balaban J connectivity index is 1.46. The third-order valence-corrected chi connectivity index (χ3v) is 4.91. The van der Waals surface area contributed by atoms with E-state index in [2.05, 4.69) is 16.0 Å². The zero-order valence-corrected chi connectivity index (χ0v) is 15.8. The Hall–Kier alpha value is -3.60. The Kier molecular flexibility index (Phi) is 5.27. The number of benzene rings is 1. The number of hydrogen-bond acceptors (Lipinski definition) is 5. The lowest BCUT2D eigenvalue weighted by Gasteiger charge is -2.20. The SMILES string of the molecule is N#Cc1cc(-c2ccccc2)ncc1N1CCC(Oc2ccc(C(F)(F)F)cn2)C1. The molecule has 1 unspecified atom stereocenters. The molecule has 5 nitrogen and oxygen atoms in total. The molecule has 152 valence electrons. The van der Waals surface area contributed by atoms with Gasteiger partial charge in [0, 0.05) is 30.8 Å². The minimum Gasteiger partial charge on any atom is -0.472 e. The highest BCUT2D eigenvalue weighted by molar-refractivity contribution is 5.67. The molecule has 1 fully saturated rings. The number of nitriles is 1. The number of halogens is 3. The van der Waals surface area contributed by atoms with E-state index in [1.807, 2.05) is 35.2 Å². The standard InChI is InChI=1S/C22H17F3N4O/c23-22(24,25)17-6-7-21(28-12-17)30-18-8-9-29(14-18)20-13-27-19(10-16(20)11-26)15-4-2-1-3-5-15/h1-7,10,12-13,18H,8-9,14H2. The topological polar surface area (TPSA) is 62.0 Å². The monoisotopic (exact) mass is 410 g/mol. The molecule has 30 heavy (non-hydrogen) atoms. The lowest BCUT2D eigenvalue weighted by Crippen LogP contribution is -2.25. The molecule has 3 heterocycles. The number of ether oxygens (including phenoxy) is 1. The predicted octanol–water partition coefficient (Wildman–Crippen LogP) is 4.69. The first-order valence-electron chi connectivity index (χ1n) is 9.34. The molecule has 0 N–H and O–H groups in total. The van der Waals surface area contributed by atoms with Crippen LogP contribution in [0.25, 0.3) is 11.3 Å². The number of aromatic nitrogens is 2. The summed E-state index contributed by atoms with van der Waals surface area (Å²) in [4.78, 5) is 10.2. The Bertz CT molecular complexity index is 1060. The Labute approximate surface area is 171 Å². The van der Waals surface area contributed by atoms with E-state index in [9.17, 15) is 18.4 Å². The summed E-state index contributed by atoms with van der Waals surface area (Å²) >= 11 is 0. The van der Waals surface area contributed by atoms with Crippen molar-refractivity contribution in [1.82, 2.24) is 9.97 Å². The summed E-state index contributed by atoms with van der Waals surface area (Å²) in [5, 5.41) is 9.61. The molecule has 4 rings (SSSR count). The van der Waals surface area contributed by atoms with E-state index in [1.165, 1.54) is 6.07 Å². The van der Waals surface area contributed by atoms with E-state index in [0.29, 0.717) is 30.8 Å². The van der Waals surface area contributed by atoms with Gasteiger partial charge < -0.3 is 9.64 Å². The van der Waals surface area contributed by atoms with Gasteiger partial charge in [-0.1, -0.05) is 30.3 Å². The zero-order chi connectivity index (χ0) is 21.1. The molecule has 1 atom stereocenters. The quantitative estimate of drug-likeness (QED) is 0.624. The largest absolute Gasteiger partial charge is 0.472 e. The summed E-state index contributed by atoms with van der Waals surface area (Å²) < 4.78 is 43.7. The maximum absolute atomic E-state index is 12.7. The molecule has 0 spiro atoms. The smallest absolute Gasteiger partial charge is 0.417 e. The van der Waals surface area contributed by atoms with Crippen LogP contribution in [0, 0.1) is 11.3 Å². The minimum absolute atomic E-state index is 0.146. The number of alkyl halides is 3. The first-order chi connectivity index (χ1) is 14.4. The molecule has 1 saturated heterocycles. The first kappa shape index (κ1) is 19.7. The van der Waals surface area contributed by atoms with Gasteiger partial charge in [-0.2, -0.15) is 18.4 Å². The van der Waals surface area contributed by atoms with Crippen molar-refractivity contribution in [2.45, 2.75) is 18.7 Å². The van der Waals surface area contributed by atoms with Crippen molar-refractivity contribution in [2.75, 3.05) is 18.0 Å². The maximum atomic E-state index is 12.7. The molecule has 0 aliphatic carbocycles. The molecule has 1 aromatic carbocycles. The molecule has 1 aliphatic rings. The summed E-state index contributed by atoms with van der Waals surface area (Å²) in [5.41, 5.74) is 2.06. The molecular weight excluding hydrogens is 393 g/mol. The van der Waals surface area contributed by atoms with E-state index in [-0.39, 0.29) is 12.0 Å². The van der Waals surface area contributed by atoms with Crippen LogP contribution < -0.4 is 9.64 Å². The van der Waals surface area contributed by atoms with Crippen LogP contribution in [0.3, 0.4) is 0 Å². The highest BCUT2D eigenvalue weighted by Gasteiger charge is 2.31. The Morgan fingerprint density at radius 3 is 2.53 bits per heavy atom. The fourth-order valence-corrected chi connectivity index (χ4v) is 3.39. The molecule has 2 aromatic heterocycles. The van der Waals surface area contributed by atoms with Gasteiger partial charge in [0.2, 0.25) is 5.88 Å². The number of nitrogens with zero attached hydrogens (tertiary/aromatic N) is 4. The van der Waals surface area contributed by atoms with E-state index in [1.54, 1.807) is 12.3 Å². The van der Waals surface area contributed by atoms with Gasteiger partial charge in [0.15, 0.2) is 0 Å². The summed E-state index contributed by atoms with van der Waals surface area (Å²) in [7, 11) is 0. The van der Waals surface area contributed by atoms with E-state index in [0.717, 1.165) is 23.5 Å². The lowest BCUT2D eigenvalue weighted by atomic mass is 10.1. The van der Waals surface area contributed by atoms with Crippen molar-refractivity contribution in [3.8, 4) is 23.2 Å². The van der Waals surface area contributed by atoms with Gasteiger partial charge in [0.25, 0.3) is 0 Å². The number of hydrogen-bond donors (Lipinski definition) is 0. The highest BCUT2D eigenvalue weighted by Crippen LogP contribution is 2.31. The van der Waals surface area contributed by atoms with Gasteiger partial charge in [-0.3, -0.25) is 4.98 Å². The third-order valence-electron chi connectivity index (χ3n) is 4.91. The predicted molar refractivity (Wildman–Crippen MR) is 105 cm³/mol. The average Bonchev–Trinajstić information content (AvgIpc) is 3.22. The van der Waals surface area contributed by atoms with Crippen LogP contribution in [0.1, 0.15) is 17.5 Å². The van der Waals surface area contributed by atoms with Crippen molar-refractivity contribution in [3.63, 3.8) is 0 Å². The Morgan fingerprint density at radius 2 is 1.87 bits per heavy atom. The molecule has 8 heteroatoms. The summed E-state index contributed by atoms with van der Waals surface area (Å²) in [6.45, 7) is 1.14. The fourth-order valence-electron chi connectivity index (χ4n) is 3.39. The molecule has 0 amide bonds. The second kappa shape index (κ2) is 8.03. The van der Waals surface area contributed by atoms with Crippen molar-refractivity contribution < 1.29 is 17.9 Å². The summed E-state index contributed by atoms with van der Waals surface area (Å²) in [6.07, 6.45) is -1.56. The van der Waals surface area contributed by atoms with Gasteiger partial charge >= 0.3 is 6.18 Å². The van der Waals surface area contributed by atoms with Crippen molar-refractivity contribution in [2.24, 2.45) is 0 Å². The average molecular weight is 410 g/mol. The first-order valence-corrected chi connectivity index (χ1v) is 9.34. The number of pyridine rings is 2. The lowest BCUT2D eigenvalue weighted by molar-refractivity contribution is -0.137. The molecule has 1 aliphatic heterocycles. The van der Waals surface area contributed by atoms with Crippen molar-refractivity contribution >= 4 is 5.69 Å². The van der Waals surface area contributed by atoms with E-state index < -0.39 is 11.7 Å². The normalized spacial score (nSPS) is 16.3. The molecule has 3 aromatic rings. The second-order valence-electron chi connectivity index (χ2n) is 6.92. The van der Waals surface area contributed by atoms with Crippen LogP contribution in [-0.2, 0) is 6.18 Å². The van der Waals surface area contributed by atoms with Crippen LogP contribution in [0.15, 0.2) is 60.9 Å².